The second-order valence-electron chi connectivity index (χ2n) is 7.61. The van der Waals surface area contributed by atoms with Gasteiger partial charge in [0.05, 0.1) is 13.7 Å². The summed E-state index contributed by atoms with van der Waals surface area (Å²) in [7, 11) is 1.49. The van der Waals surface area contributed by atoms with Crippen LogP contribution in [0.4, 0.5) is 4.39 Å². The number of aromatic nitrogens is 2. The highest BCUT2D eigenvalue weighted by Gasteiger charge is 2.30. The number of methoxy groups -OCH3 is 1. The van der Waals surface area contributed by atoms with Gasteiger partial charge in [-0.15, -0.1) is 12.4 Å². The van der Waals surface area contributed by atoms with Gasteiger partial charge in [-0.3, -0.25) is 4.79 Å². The van der Waals surface area contributed by atoms with Crippen molar-refractivity contribution < 1.29 is 23.2 Å². The molecule has 0 saturated heterocycles. The highest BCUT2D eigenvalue weighted by atomic mass is 35.5. The topological polar surface area (TPSA) is 104 Å². The van der Waals surface area contributed by atoms with Crippen LogP contribution in [0.25, 0.3) is 0 Å². The zero-order chi connectivity index (χ0) is 22.7. The highest BCUT2D eigenvalue weighted by molar-refractivity contribution is 5.94. The first-order chi connectivity index (χ1) is 15.5. The summed E-state index contributed by atoms with van der Waals surface area (Å²) in [6.07, 6.45) is 2.12. The van der Waals surface area contributed by atoms with Gasteiger partial charge in [0, 0.05) is 30.6 Å². The third-order valence-corrected chi connectivity index (χ3v) is 5.22. The molecule has 4 rings (SSSR count). The van der Waals surface area contributed by atoms with E-state index >= 15 is 0 Å². The first-order valence-electron chi connectivity index (χ1n) is 10.5. The predicted octanol–water partition coefficient (Wildman–Crippen LogP) is 4.43. The first-order valence-corrected chi connectivity index (χ1v) is 10.5. The average molecular weight is 477 g/mol. The van der Waals surface area contributed by atoms with Crippen LogP contribution in [0.1, 0.15) is 53.3 Å². The molecule has 0 bridgehead atoms. The third-order valence-electron chi connectivity index (χ3n) is 5.22. The van der Waals surface area contributed by atoms with Gasteiger partial charge < -0.3 is 24.6 Å². The molecule has 2 N–H and O–H groups in total. The van der Waals surface area contributed by atoms with E-state index in [0.717, 1.165) is 12.8 Å². The van der Waals surface area contributed by atoms with Gasteiger partial charge in [0.25, 0.3) is 5.91 Å². The normalized spacial score (nSPS) is 12.7. The van der Waals surface area contributed by atoms with Gasteiger partial charge >= 0.3 is 0 Å². The Kier molecular flexibility index (Phi) is 7.88. The van der Waals surface area contributed by atoms with E-state index in [9.17, 15) is 9.18 Å². The Morgan fingerprint density at radius 3 is 2.70 bits per heavy atom. The Bertz CT molecular complexity index is 1120. The highest BCUT2D eigenvalue weighted by Crippen LogP contribution is 2.39. The smallest absolute Gasteiger partial charge is 0.254 e. The maximum Gasteiger partial charge on any atom is 0.254 e. The third kappa shape index (κ3) is 5.80. The standard InChI is InChI=1S/C23H25FN4O4.ClH/c1-3-28(13-21-26-22(32-27-21)15-4-5-15)23(29)16-6-7-19(30-2)20(10-16)31-18-9-14(12-25)8-17(24)11-18;/h6-11,15H,3-5,12-13,25H2,1-2H3;1H. The number of ether oxygens (including phenoxy) is 2. The zero-order valence-corrected chi connectivity index (χ0v) is 19.2. The summed E-state index contributed by atoms with van der Waals surface area (Å²) in [6.45, 7) is 2.74. The summed E-state index contributed by atoms with van der Waals surface area (Å²) in [6, 6.07) is 9.10. The number of benzene rings is 2. The minimum absolute atomic E-state index is 0. The van der Waals surface area contributed by atoms with E-state index in [1.165, 1.54) is 19.2 Å². The molecule has 1 saturated carbocycles. The Labute approximate surface area is 197 Å². The number of hydrogen-bond acceptors (Lipinski definition) is 7. The lowest BCUT2D eigenvalue weighted by molar-refractivity contribution is 0.0747. The van der Waals surface area contributed by atoms with Crippen molar-refractivity contribution in [3.8, 4) is 17.2 Å². The molecule has 0 spiro atoms. The van der Waals surface area contributed by atoms with E-state index in [2.05, 4.69) is 10.1 Å². The summed E-state index contributed by atoms with van der Waals surface area (Å²) in [4.78, 5) is 19.2. The van der Waals surface area contributed by atoms with Gasteiger partial charge in [0.15, 0.2) is 17.3 Å². The van der Waals surface area contributed by atoms with Crippen molar-refractivity contribution in [1.82, 2.24) is 15.0 Å². The Balaban J connectivity index is 0.00000306. The molecule has 1 aliphatic rings. The number of nitrogens with zero attached hydrogens (tertiary/aromatic N) is 3. The maximum atomic E-state index is 13.9. The van der Waals surface area contributed by atoms with Crippen molar-refractivity contribution in [2.45, 2.75) is 38.8 Å². The second-order valence-corrected chi connectivity index (χ2v) is 7.61. The van der Waals surface area contributed by atoms with Crippen molar-refractivity contribution in [1.29, 1.82) is 0 Å². The predicted molar refractivity (Wildman–Crippen MR) is 121 cm³/mol. The molecule has 8 nitrogen and oxygen atoms in total. The molecule has 3 aromatic rings. The first kappa shape index (κ1) is 24.5. The van der Waals surface area contributed by atoms with Crippen LogP contribution in [0.3, 0.4) is 0 Å². The number of hydrogen-bond donors (Lipinski definition) is 1. The number of nitrogens with two attached hydrogens (primary N) is 1. The van der Waals surface area contributed by atoms with E-state index in [4.69, 9.17) is 19.7 Å². The van der Waals surface area contributed by atoms with Crippen LogP contribution < -0.4 is 15.2 Å². The molecule has 33 heavy (non-hydrogen) atoms. The molecule has 176 valence electrons. The van der Waals surface area contributed by atoms with Gasteiger partial charge in [0.1, 0.15) is 11.6 Å². The summed E-state index contributed by atoms with van der Waals surface area (Å²) < 4.78 is 30.4. The van der Waals surface area contributed by atoms with Crippen molar-refractivity contribution in [2.24, 2.45) is 5.73 Å². The molecule has 1 aliphatic carbocycles. The summed E-state index contributed by atoms with van der Waals surface area (Å²) in [5.74, 6) is 1.74. The lowest BCUT2D eigenvalue weighted by Crippen LogP contribution is -2.30. The van der Waals surface area contributed by atoms with Crippen LogP contribution in [-0.2, 0) is 13.1 Å². The molecule has 1 aromatic heterocycles. The van der Waals surface area contributed by atoms with Gasteiger partial charge in [-0.2, -0.15) is 4.98 Å². The van der Waals surface area contributed by atoms with Crippen molar-refractivity contribution in [3.63, 3.8) is 0 Å². The van der Waals surface area contributed by atoms with Gasteiger partial charge in [0.2, 0.25) is 5.89 Å². The van der Waals surface area contributed by atoms with Crippen LogP contribution in [0.2, 0.25) is 0 Å². The lowest BCUT2D eigenvalue weighted by Gasteiger charge is -2.20. The van der Waals surface area contributed by atoms with E-state index in [1.54, 1.807) is 29.2 Å². The van der Waals surface area contributed by atoms with Crippen LogP contribution in [-0.4, -0.2) is 34.6 Å². The maximum absolute atomic E-state index is 13.9. The summed E-state index contributed by atoms with van der Waals surface area (Å²) in [5, 5.41) is 4.00. The molecule has 0 aliphatic heterocycles. The number of halogens is 2. The Morgan fingerprint density at radius 1 is 1.24 bits per heavy atom. The number of carbonyl (C=O) groups excluding carboxylic acids is 1. The minimum Gasteiger partial charge on any atom is -0.493 e. The van der Waals surface area contributed by atoms with Crippen molar-refractivity contribution >= 4 is 18.3 Å². The summed E-state index contributed by atoms with van der Waals surface area (Å²) in [5.41, 5.74) is 6.60. The molecular weight excluding hydrogens is 451 g/mol. The molecule has 10 heteroatoms. The van der Waals surface area contributed by atoms with E-state index in [-0.39, 0.29) is 37.2 Å². The summed E-state index contributed by atoms with van der Waals surface area (Å²) >= 11 is 0. The molecule has 0 radical (unpaired) electrons. The quantitative estimate of drug-likeness (QED) is 0.487. The monoisotopic (exact) mass is 476 g/mol. The molecule has 1 fully saturated rings. The molecule has 1 heterocycles. The molecule has 2 aromatic carbocycles. The minimum atomic E-state index is -0.461. The number of carbonyl (C=O) groups is 1. The average Bonchev–Trinajstić information content (AvgIpc) is 3.54. The number of amides is 1. The van der Waals surface area contributed by atoms with Crippen LogP contribution in [0, 0.1) is 5.82 Å². The Morgan fingerprint density at radius 2 is 2.03 bits per heavy atom. The largest absolute Gasteiger partial charge is 0.493 e. The molecule has 1 amide bonds. The van der Waals surface area contributed by atoms with Crippen molar-refractivity contribution in [2.75, 3.05) is 13.7 Å². The number of rotatable bonds is 9. The molecule has 0 unspecified atom stereocenters. The lowest BCUT2D eigenvalue weighted by atomic mass is 10.1. The van der Waals surface area contributed by atoms with Crippen LogP contribution in [0.5, 0.6) is 17.2 Å². The van der Waals surface area contributed by atoms with E-state index in [1.807, 2.05) is 6.92 Å². The van der Waals surface area contributed by atoms with Crippen LogP contribution >= 0.6 is 12.4 Å². The van der Waals surface area contributed by atoms with Gasteiger partial charge in [-0.25, -0.2) is 4.39 Å². The van der Waals surface area contributed by atoms with E-state index in [0.29, 0.717) is 46.8 Å². The van der Waals surface area contributed by atoms with Crippen molar-refractivity contribution in [3.05, 3.63) is 65.1 Å². The Hall–Kier alpha value is -3.17. The van der Waals surface area contributed by atoms with Crippen LogP contribution in [0.15, 0.2) is 40.9 Å². The van der Waals surface area contributed by atoms with Gasteiger partial charge in [-0.1, -0.05) is 5.16 Å². The fraction of sp³-hybridized carbons (Fsp3) is 0.348. The fourth-order valence-electron chi connectivity index (χ4n) is 3.32. The zero-order valence-electron chi connectivity index (χ0n) is 18.4. The van der Waals surface area contributed by atoms with Gasteiger partial charge in [-0.05, 0) is 55.7 Å². The molecule has 0 atom stereocenters. The second kappa shape index (κ2) is 10.6. The molecular formula is C23H26ClFN4O4. The SMILES string of the molecule is CCN(Cc1noc(C2CC2)n1)C(=O)c1ccc(OC)c(Oc2cc(F)cc(CN)c2)c1.Cl. The van der Waals surface area contributed by atoms with E-state index < -0.39 is 5.82 Å². The fourth-order valence-corrected chi connectivity index (χ4v) is 3.32.